The molecule has 2 N–H and O–H groups in total. The second kappa shape index (κ2) is 13.1. The van der Waals surface area contributed by atoms with Gasteiger partial charge >= 0.3 is 0 Å². The van der Waals surface area contributed by atoms with Crippen LogP contribution in [0.25, 0.3) is 0 Å². The first-order chi connectivity index (χ1) is 7.12. The Morgan fingerprint density at radius 3 is 2.33 bits per heavy atom. The quantitative estimate of drug-likeness (QED) is 0.383. The highest BCUT2D eigenvalue weighted by Crippen LogP contribution is 1.83. The molecule has 0 rings (SSSR count). The first-order valence-electron chi connectivity index (χ1n) is 4.69. The summed E-state index contributed by atoms with van der Waals surface area (Å²) < 4.78 is 9.35. The number of amides is 1. The number of rotatable bonds is 6. The molecule has 0 aromatic rings. The Morgan fingerprint density at radius 1 is 1.53 bits per heavy atom. The number of nitrogens with one attached hydrogen (secondary N) is 1. The first kappa shape index (κ1) is 16.5. The van der Waals surface area contributed by atoms with Crippen LogP contribution in [0, 0.1) is 0 Å². The van der Waals surface area contributed by atoms with Crippen LogP contribution in [-0.4, -0.2) is 44.7 Å². The summed E-state index contributed by atoms with van der Waals surface area (Å²) in [5.74, 6) is -0.191. The van der Waals surface area contributed by atoms with Crippen LogP contribution in [0.4, 0.5) is 0 Å². The number of carbonyl (C=O) groups excluding carboxylic acids is 1. The van der Waals surface area contributed by atoms with E-state index in [-0.39, 0.29) is 18.8 Å². The largest absolute Gasteiger partial charge is 0.396 e. The molecule has 0 aromatic heterocycles. The van der Waals surface area contributed by atoms with Crippen molar-refractivity contribution in [2.24, 2.45) is 0 Å². The van der Waals surface area contributed by atoms with Gasteiger partial charge in [0, 0.05) is 27.4 Å². The van der Waals surface area contributed by atoms with Gasteiger partial charge in [-0.15, -0.1) is 0 Å². The van der Waals surface area contributed by atoms with E-state index in [1.165, 1.54) is 6.08 Å². The van der Waals surface area contributed by atoms with Gasteiger partial charge in [0.25, 0.3) is 0 Å². The predicted molar refractivity (Wildman–Crippen MR) is 58.4 cm³/mol. The molecule has 0 heterocycles. The summed E-state index contributed by atoms with van der Waals surface area (Å²) in [5.41, 5.74) is 0. The van der Waals surface area contributed by atoms with Crippen molar-refractivity contribution in [3.05, 3.63) is 12.7 Å². The minimum Gasteiger partial charge on any atom is -0.396 e. The van der Waals surface area contributed by atoms with Gasteiger partial charge in [-0.1, -0.05) is 6.58 Å². The van der Waals surface area contributed by atoms with Crippen molar-refractivity contribution in [3.8, 4) is 0 Å². The fourth-order valence-electron chi connectivity index (χ4n) is 0.459. The number of aliphatic hydroxyl groups is 1. The lowest BCUT2D eigenvalue weighted by Gasteiger charge is -2.03. The van der Waals surface area contributed by atoms with Crippen molar-refractivity contribution in [2.45, 2.75) is 19.6 Å². The molecule has 90 valence electrons. The van der Waals surface area contributed by atoms with Crippen LogP contribution in [-0.2, 0) is 14.3 Å². The molecule has 1 amide bonds. The van der Waals surface area contributed by atoms with Crippen LogP contribution in [0.5, 0.6) is 0 Å². The molecule has 0 fully saturated rings. The first-order valence-corrected chi connectivity index (χ1v) is 4.69. The van der Waals surface area contributed by atoms with Crippen molar-refractivity contribution in [2.75, 3.05) is 27.4 Å². The lowest BCUT2D eigenvalue weighted by molar-refractivity contribution is -0.116. The summed E-state index contributed by atoms with van der Waals surface area (Å²) in [7, 11) is 3.21. The Labute approximate surface area is 91.1 Å². The third-order valence-corrected chi connectivity index (χ3v) is 1.48. The summed E-state index contributed by atoms with van der Waals surface area (Å²) in [4.78, 5) is 10.4. The number of hydrogen-bond acceptors (Lipinski definition) is 4. The Hall–Kier alpha value is -0.910. The van der Waals surface area contributed by atoms with Crippen LogP contribution in [0.1, 0.15) is 13.3 Å². The molecule has 5 heteroatoms. The number of methoxy groups -OCH3 is 2. The van der Waals surface area contributed by atoms with Gasteiger partial charge in [-0.25, -0.2) is 0 Å². The molecular weight excluding hydrogens is 198 g/mol. The Morgan fingerprint density at radius 2 is 2.07 bits per heavy atom. The molecule has 0 bridgehead atoms. The molecule has 0 atom stereocenters. The van der Waals surface area contributed by atoms with E-state index in [9.17, 15) is 4.79 Å². The van der Waals surface area contributed by atoms with Gasteiger partial charge in [-0.2, -0.15) is 0 Å². The maximum atomic E-state index is 10.4. The maximum Gasteiger partial charge on any atom is 0.243 e. The molecule has 15 heavy (non-hydrogen) atoms. The van der Waals surface area contributed by atoms with Gasteiger partial charge < -0.3 is 19.9 Å². The van der Waals surface area contributed by atoms with Crippen LogP contribution in [0.3, 0.4) is 0 Å². The van der Waals surface area contributed by atoms with E-state index in [1.54, 1.807) is 14.2 Å². The standard InChI is InChI=1S/C6H11NO2.C4H10O2/c1-2-6(9)7-4-3-5-8;1-4(5-2)6-3/h2,8H,1,3-5H2,(H,7,9);4H,1-3H3. The predicted octanol–water partition coefficient (Wildman–Crippen LogP) is 0.296. The molecule has 0 aromatic carbocycles. The third-order valence-electron chi connectivity index (χ3n) is 1.48. The van der Waals surface area contributed by atoms with Crippen molar-refractivity contribution in [3.63, 3.8) is 0 Å². The maximum absolute atomic E-state index is 10.4. The average Bonchev–Trinajstić information content (AvgIpc) is 2.28. The van der Waals surface area contributed by atoms with Crippen LogP contribution >= 0.6 is 0 Å². The summed E-state index contributed by atoms with van der Waals surface area (Å²) in [6.45, 7) is 5.72. The highest BCUT2D eigenvalue weighted by atomic mass is 16.7. The van der Waals surface area contributed by atoms with Crippen LogP contribution in [0.15, 0.2) is 12.7 Å². The van der Waals surface area contributed by atoms with Crippen molar-refractivity contribution < 1.29 is 19.4 Å². The Kier molecular flexibility index (Phi) is 14.4. The number of aliphatic hydroxyl groups excluding tert-OH is 1. The fourth-order valence-corrected chi connectivity index (χ4v) is 0.459. The SMILES string of the molecule is C=CC(=O)NCCCO.COC(C)OC. The smallest absolute Gasteiger partial charge is 0.243 e. The summed E-state index contributed by atoms with van der Waals surface area (Å²) in [5, 5.41) is 10.8. The molecule has 0 radical (unpaired) electrons. The normalized spacial score (nSPS) is 9.13. The monoisotopic (exact) mass is 219 g/mol. The lowest BCUT2D eigenvalue weighted by atomic mass is 10.4. The molecule has 0 spiro atoms. The number of carbonyl (C=O) groups is 1. The fraction of sp³-hybridized carbons (Fsp3) is 0.700. The van der Waals surface area contributed by atoms with Gasteiger partial charge in [0.15, 0.2) is 6.29 Å². The zero-order chi connectivity index (χ0) is 12.1. The highest BCUT2D eigenvalue weighted by Gasteiger charge is 1.89. The van der Waals surface area contributed by atoms with Crippen molar-refractivity contribution >= 4 is 5.91 Å². The molecular formula is C10H21NO4. The summed E-state index contributed by atoms with van der Waals surface area (Å²) in [6, 6.07) is 0. The van der Waals surface area contributed by atoms with E-state index in [2.05, 4.69) is 21.4 Å². The van der Waals surface area contributed by atoms with Crippen molar-refractivity contribution in [1.29, 1.82) is 0 Å². The van der Waals surface area contributed by atoms with Gasteiger partial charge in [0.2, 0.25) is 5.91 Å². The zero-order valence-corrected chi connectivity index (χ0v) is 9.66. The Balaban J connectivity index is 0. The minimum atomic E-state index is -0.191. The van der Waals surface area contributed by atoms with Crippen LogP contribution < -0.4 is 5.32 Å². The summed E-state index contributed by atoms with van der Waals surface area (Å²) in [6.07, 6.45) is 1.74. The summed E-state index contributed by atoms with van der Waals surface area (Å²) >= 11 is 0. The third kappa shape index (κ3) is 15.8. The van der Waals surface area contributed by atoms with E-state index in [4.69, 9.17) is 5.11 Å². The highest BCUT2D eigenvalue weighted by molar-refractivity contribution is 5.86. The second-order valence-corrected chi connectivity index (χ2v) is 2.61. The molecule has 0 aliphatic rings. The molecule has 0 aliphatic heterocycles. The molecule has 0 aliphatic carbocycles. The van der Waals surface area contributed by atoms with E-state index in [1.807, 2.05) is 6.92 Å². The van der Waals surface area contributed by atoms with E-state index >= 15 is 0 Å². The van der Waals surface area contributed by atoms with Crippen LogP contribution in [0.2, 0.25) is 0 Å². The van der Waals surface area contributed by atoms with E-state index in [0.717, 1.165) is 0 Å². The van der Waals surface area contributed by atoms with Gasteiger partial charge in [0.05, 0.1) is 0 Å². The average molecular weight is 219 g/mol. The number of ether oxygens (including phenoxy) is 2. The molecule has 0 saturated carbocycles. The van der Waals surface area contributed by atoms with E-state index in [0.29, 0.717) is 13.0 Å². The zero-order valence-electron chi connectivity index (χ0n) is 9.66. The van der Waals surface area contributed by atoms with Gasteiger partial charge in [0.1, 0.15) is 0 Å². The van der Waals surface area contributed by atoms with Gasteiger partial charge in [-0.3, -0.25) is 4.79 Å². The van der Waals surface area contributed by atoms with E-state index < -0.39 is 0 Å². The van der Waals surface area contributed by atoms with Crippen molar-refractivity contribution in [1.82, 2.24) is 5.32 Å². The second-order valence-electron chi connectivity index (χ2n) is 2.61. The van der Waals surface area contributed by atoms with Gasteiger partial charge in [-0.05, 0) is 19.4 Å². The molecule has 0 saturated heterocycles. The molecule has 0 unspecified atom stereocenters. The lowest BCUT2D eigenvalue weighted by Crippen LogP contribution is -2.22. The molecule has 5 nitrogen and oxygen atoms in total. The minimum absolute atomic E-state index is 0.0648. The topological polar surface area (TPSA) is 67.8 Å². The Bertz CT molecular complexity index is 158. The number of hydrogen-bond donors (Lipinski definition) is 2.